The van der Waals surface area contributed by atoms with Gasteiger partial charge in [0.15, 0.2) is 18.1 Å². The van der Waals surface area contributed by atoms with Crippen molar-refractivity contribution in [2.45, 2.75) is 33.4 Å². The van der Waals surface area contributed by atoms with Crippen molar-refractivity contribution in [2.24, 2.45) is 0 Å². The van der Waals surface area contributed by atoms with Gasteiger partial charge in [0, 0.05) is 12.2 Å². The highest BCUT2D eigenvalue weighted by atomic mass is 16.6. The molecule has 2 aromatic rings. The fraction of sp³-hybridized carbons (Fsp3) is 0.350. The Bertz CT molecular complexity index is 689. The molecule has 26 heavy (non-hydrogen) atoms. The summed E-state index contributed by atoms with van der Waals surface area (Å²) < 4.78 is 16.2. The van der Waals surface area contributed by atoms with Crippen molar-refractivity contribution in [3.05, 3.63) is 54.1 Å². The van der Waals surface area contributed by atoms with E-state index in [1.54, 1.807) is 19.9 Å². The summed E-state index contributed by atoms with van der Waals surface area (Å²) in [5.74, 6) is 0.719. The Morgan fingerprint density at radius 1 is 1.04 bits per heavy atom. The molecule has 0 radical (unpaired) electrons. The molecule has 0 heterocycles. The second-order valence-corrected chi connectivity index (χ2v) is 5.89. The first-order valence-corrected chi connectivity index (χ1v) is 8.70. The van der Waals surface area contributed by atoms with E-state index in [1.165, 1.54) is 0 Å². The Morgan fingerprint density at radius 2 is 1.81 bits per heavy atom. The minimum absolute atomic E-state index is 0.147. The molecule has 6 nitrogen and oxygen atoms in total. The Kier molecular flexibility index (Phi) is 7.76. The largest absolute Gasteiger partial charge is 0.490 e. The van der Waals surface area contributed by atoms with Crippen LogP contribution in [0.1, 0.15) is 26.3 Å². The van der Waals surface area contributed by atoms with Crippen LogP contribution in [0.2, 0.25) is 0 Å². The number of hydrazine groups is 1. The molecular formula is C20H26N2O4. The fourth-order valence-electron chi connectivity index (χ4n) is 2.25. The number of hydrogen-bond donors (Lipinski definition) is 2. The molecule has 0 aromatic heterocycles. The van der Waals surface area contributed by atoms with Gasteiger partial charge in [-0.1, -0.05) is 24.3 Å². The lowest BCUT2D eigenvalue weighted by Crippen LogP contribution is -2.21. The van der Waals surface area contributed by atoms with E-state index in [4.69, 9.17) is 14.2 Å². The quantitative estimate of drug-likeness (QED) is 0.500. The fourth-order valence-corrected chi connectivity index (χ4v) is 2.25. The number of carbonyl (C=O) groups excluding carboxylic acids is 1. The van der Waals surface area contributed by atoms with Crippen LogP contribution in [0.4, 0.5) is 5.69 Å². The summed E-state index contributed by atoms with van der Waals surface area (Å²) in [6.45, 7) is 6.46. The standard InChI is InChI=1S/C20H26N2O4/c1-4-24-19-12-16(13-21-22-17-8-6-5-7-9-17)10-11-18(19)25-14-20(23)26-15(2)3/h5-12,15,21-22H,4,13-14H2,1-3H3. The first-order valence-electron chi connectivity index (χ1n) is 8.70. The van der Waals surface area contributed by atoms with Gasteiger partial charge < -0.3 is 19.6 Å². The van der Waals surface area contributed by atoms with Crippen LogP contribution in [0, 0.1) is 0 Å². The number of ether oxygens (including phenoxy) is 3. The Morgan fingerprint density at radius 3 is 2.50 bits per heavy atom. The second-order valence-electron chi connectivity index (χ2n) is 5.89. The molecule has 0 bridgehead atoms. The van der Waals surface area contributed by atoms with Gasteiger partial charge >= 0.3 is 5.97 Å². The van der Waals surface area contributed by atoms with Crippen molar-refractivity contribution in [1.82, 2.24) is 5.43 Å². The number of anilines is 1. The third-order valence-corrected chi connectivity index (χ3v) is 3.32. The summed E-state index contributed by atoms with van der Waals surface area (Å²) >= 11 is 0. The van der Waals surface area contributed by atoms with Gasteiger partial charge in [0.25, 0.3) is 0 Å². The highest BCUT2D eigenvalue weighted by Crippen LogP contribution is 2.28. The molecular weight excluding hydrogens is 332 g/mol. The number of benzene rings is 2. The minimum Gasteiger partial charge on any atom is -0.490 e. The van der Waals surface area contributed by atoms with Gasteiger partial charge in [-0.3, -0.25) is 0 Å². The van der Waals surface area contributed by atoms with E-state index < -0.39 is 5.97 Å². The molecule has 0 saturated heterocycles. The predicted molar refractivity (Wildman–Crippen MR) is 101 cm³/mol. The third kappa shape index (κ3) is 6.64. The summed E-state index contributed by atoms with van der Waals surface area (Å²) in [6, 6.07) is 15.5. The molecule has 0 fully saturated rings. The van der Waals surface area contributed by atoms with Gasteiger partial charge in [-0.15, -0.1) is 0 Å². The number of rotatable bonds is 10. The van der Waals surface area contributed by atoms with Gasteiger partial charge in [-0.05, 0) is 50.6 Å². The average molecular weight is 358 g/mol. The second kappa shape index (κ2) is 10.3. The molecule has 0 saturated carbocycles. The topological polar surface area (TPSA) is 68.8 Å². The molecule has 0 spiro atoms. The molecule has 0 aliphatic rings. The summed E-state index contributed by atoms with van der Waals surface area (Å²) in [7, 11) is 0. The zero-order valence-corrected chi connectivity index (χ0v) is 15.5. The van der Waals surface area contributed by atoms with Crippen molar-refractivity contribution in [3.8, 4) is 11.5 Å². The van der Waals surface area contributed by atoms with Crippen LogP contribution in [0.3, 0.4) is 0 Å². The normalized spacial score (nSPS) is 10.5. The van der Waals surface area contributed by atoms with E-state index in [-0.39, 0.29) is 12.7 Å². The number of hydrogen-bond acceptors (Lipinski definition) is 6. The van der Waals surface area contributed by atoms with E-state index in [2.05, 4.69) is 10.9 Å². The van der Waals surface area contributed by atoms with Gasteiger partial charge in [0.1, 0.15) is 0 Å². The summed E-state index contributed by atoms with van der Waals surface area (Å²) in [5, 5.41) is 0. The highest BCUT2D eigenvalue weighted by molar-refractivity contribution is 5.71. The smallest absolute Gasteiger partial charge is 0.344 e. The van der Waals surface area contributed by atoms with Gasteiger partial charge in [0.05, 0.1) is 12.7 Å². The summed E-state index contributed by atoms with van der Waals surface area (Å²) in [5.41, 5.74) is 8.30. The summed E-state index contributed by atoms with van der Waals surface area (Å²) in [6.07, 6.45) is -0.164. The van der Waals surface area contributed by atoms with Crippen molar-refractivity contribution in [2.75, 3.05) is 18.6 Å². The molecule has 0 unspecified atom stereocenters. The maximum absolute atomic E-state index is 11.6. The van der Waals surface area contributed by atoms with E-state index in [0.717, 1.165) is 11.3 Å². The van der Waals surface area contributed by atoms with Crippen LogP contribution in [-0.2, 0) is 16.1 Å². The first kappa shape index (κ1) is 19.6. The average Bonchev–Trinajstić information content (AvgIpc) is 2.61. The molecule has 0 aliphatic carbocycles. The van der Waals surface area contributed by atoms with Crippen molar-refractivity contribution in [1.29, 1.82) is 0 Å². The number of nitrogens with one attached hydrogen (secondary N) is 2. The van der Waals surface area contributed by atoms with Crippen LogP contribution < -0.4 is 20.3 Å². The number of carbonyl (C=O) groups is 1. The predicted octanol–water partition coefficient (Wildman–Crippen LogP) is 3.53. The molecule has 2 rings (SSSR count). The lowest BCUT2D eigenvalue weighted by molar-refractivity contribution is -0.149. The Hall–Kier alpha value is -2.73. The lowest BCUT2D eigenvalue weighted by Gasteiger charge is -2.14. The molecule has 0 atom stereocenters. The van der Waals surface area contributed by atoms with Crippen LogP contribution in [-0.4, -0.2) is 25.3 Å². The Labute approximate surface area is 154 Å². The van der Waals surface area contributed by atoms with Gasteiger partial charge in [-0.25, -0.2) is 10.2 Å². The van der Waals surface area contributed by atoms with E-state index in [1.807, 2.05) is 49.4 Å². The molecule has 0 aliphatic heterocycles. The maximum Gasteiger partial charge on any atom is 0.344 e. The van der Waals surface area contributed by atoms with Crippen molar-refractivity contribution in [3.63, 3.8) is 0 Å². The minimum atomic E-state index is -0.403. The third-order valence-electron chi connectivity index (χ3n) is 3.32. The number of esters is 1. The molecule has 2 aromatic carbocycles. The molecule has 2 N–H and O–H groups in total. The van der Waals surface area contributed by atoms with E-state index in [9.17, 15) is 4.79 Å². The van der Waals surface area contributed by atoms with E-state index >= 15 is 0 Å². The van der Waals surface area contributed by atoms with Crippen molar-refractivity contribution >= 4 is 11.7 Å². The first-order chi connectivity index (χ1) is 12.6. The Balaban J connectivity index is 1.92. The van der Waals surface area contributed by atoms with Crippen LogP contribution in [0.15, 0.2) is 48.5 Å². The maximum atomic E-state index is 11.6. The van der Waals surface area contributed by atoms with E-state index in [0.29, 0.717) is 24.7 Å². The van der Waals surface area contributed by atoms with Gasteiger partial charge in [-0.2, -0.15) is 0 Å². The van der Waals surface area contributed by atoms with Crippen LogP contribution >= 0.6 is 0 Å². The number of para-hydroxylation sites is 1. The van der Waals surface area contributed by atoms with Crippen LogP contribution in [0.25, 0.3) is 0 Å². The lowest BCUT2D eigenvalue weighted by atomic mass is 10.2. The molecule has 0 amide bonds. The summed E-state index contributed by atoms with van der Waals surface area (Å²) in [4.78, 5) is 11.6. The monoisotopic (exact) mass is 358 g/mol. The van der Waals surface area contributed by atoms with Crippen LogP contribution in [0.5, 0.6) is 11.5 Å². The highest BCUT2D eigenvalue weighted by Gasteiger charge is 2.11. The zero-order chi connectivity index (χ0) is 18.8. The SMILES string of the molecule is CCOc1cc(CNNc2ccccc2)ccc1OCC(=O)OC(C)C. The zero-order valence-electron chi connectivity index (χ0n) is 15.5. The molecule has 6 heteroatoms. The van der Waals surface area contributed by atoms with Gasteiger partial charge in [0.2, 0.25) is 0 Å². The molecule has 140 valence electrons. The van der Waals surface area contributed by atoms with Crippen molar-refractivity contribution < 1.29 is 19.0 Å².